The number of nitrogens with one attached hydrogen (secondary N) is 1. The van der Waals surface area contributed by atoms with E-state index in [9.17, 15) is 4.79 Å². The van der Waals surface area contributed by atoms with E-state index >= 15 is 0 Å². The monoisotopic (exact) mass is 529 g/mol. The number of hydrogen-bond donors (Lipinski definition) is 2. The van der Waals surface area contributed by atoms with Crippen LogP contribution in [0.25, 0.3) is 0 Å². The van der Waals surface area contributed by atoms with Crippen molar-refractivity contribution in [2.45, 2.75) is 25.7 Å². The molecule has 0 aromatic heterocycles. The Morgan fingerprint density at radius 2 is 1.83 bits per heavy atom. The molecule has 0 radical (unpaired) electrons. The van der Waals surface area contributed by atoms with E-state index in [1.54, 1.807) is 0 Å². The first-order chi connectivity index (χ1) is 14.2. The number of carbonyl (C=O) groups is 1. The average Bonchev–Trinajstić information content (AvgIpc) is 2.77. The summed E-state index contributed by atoms with van der Waals surface area (Å²) in [6.45, 7) is 7.21. The largest absolute Gasteiger partial charge is 0.379 e. The number of nitrogens with two attached hydrogens (primary N) is 1. The summed E-state index contributed by atoms with van der Waals surface area (Å²) < 4.78 is 5.35. The van der Waals surface area contributed by atoms with Crippen LogP contribution in [0.15, 0.2) is 35.3 Å². The van der Waals surface area contributed by atoms with Crippen LogP contribution < -0.4 is 11.1 Å². The molecule has 3 N–H and O–H groups in total. The Kier molecular flexibility index (Phi) is 11.5. The standard InChI is InChI=1S/C22H35N5O2.HI/c23-22(24-9-4-10-26-13-15-29-16-14-26)25-18-21(28)27-11-7-20(8-12-27)17-19-5-2-1-3-6-19;/h1-3,5-6,20H,4,7-18H2,(H3,23,24,25);1H. The van der Waals surface area contributed by atoms with Crippen LogP contribution in [-0.2, 0) is 16.0 Å². The van der Waals surface area contributed by atoms with Gasteiger partial charge in [-0.05, 0) is 43.7 Å². The molecule has 2 aliphatic rings. The van der Waals surface area contributed by atoms with E-state index in [1.807, 2.05) is 4.90 Å². The van der Waals surface area contributed by atoms with Gasteiger partial charge in [-0.2, -0.15) is 0 Å². The minimum atomic E-state index is 0. The molecule has 2 heterocycles. The van der Waals surface area contributed by atoms with Crippen molar-refractivity contribution in [3.05, 3.63) is 35.9 Å². The number of nitrogens with zero attached hydrogens (tertiary/aromatic N) is 3. The molecule has 1 aromatic carbocycles. The lowest BCUT2D eigenvalue weighted by molar-refractivity contribution is -0.130. The van der Waals surface area contributed by atoms with Gasteiger partial charge in [0, 0.05) is 32.7 Å². The molecule has 1 amide bonds. The topological polar surface area (TPSA) is 83.2 Å². The minimum absolute atomic E-state index is 0. The number of guanidine groups is 1. The SMILES string of the molecule is I.NC(=NCC(=O)N1CCC(Cc2ccccc2)CC1)NCCCN1CCOCC1. The number of hydrogen-bond acceptors (Lipinski definition) is 4. The van der Waals surface area contributed by atoms with Crippen molar-refractivity contribution in [1.82, 2.24) is 15.1 Å². The molecular weight excluding hydrogens is 493 g/mol. The van der Waals surface area contributed by atoms with Crippen molar-refractivity contribution in [3.63, 3.8) is 0 Å². The number of morpholine rings is 1. The first-order valence-corrected chi connectivity index (χ1v) is 10.9. The van der Waals surface area contributed by atoms with Crippen molar-refractivity contribution < 1.29 is 9.53 Å². The number of piperidine rings is 1. The Hall–Kier alpha value is -1.39. The molecule has 0 aliphatic carbocycles. The highest BCUT2D eigenvalue weighted by Gasteiger charge is 2.22. The van der Waals surface area contributed by atoms with Crippen LogP contribution in [0.5, 0.6) is 0 Å². The van der Waals surface area contributed by atoms with E-state index in [1.165, 1.54) is 5.56 Å². The third kappa shape index (κ3) is 8.77. The zero-order valence-corrected chi connectivity index (χ0v) is 20.1. The van der Waals surface area contributed by atoms with Crippen LogP contribution in [0.2, 0.25) is 0 Å². The van der Waals surface area contributed by atoms with Crippen molar-refractivity contribution in [2.24, 2.45) is 16.6 Å². The molecule has 2 saturated heterocycles. The molecule has 0 bridgehead atoms. The average molecular weight is 529 g/mol. The first-order valence-electron chi connectivity index (χ1n) is 10.9. The van der Waals surface area contributed by atoms with Gasteiger partial charge in [-0.15, -0.1) is 24.0 Å². The fraction of sp³-hybridized carbons (Fsp3) is 0.636. The number of benzene rings is 1. The molecule has 2 fully saturated rings. The van der Waals surface area contributed by atoms with Gasteiger partial charge in [0.25, 0.3) is 0 Å². The number of carbonyl (C=O) groups excluding carboxylic acids is 1. The van der Waals surface area contributed by atoms with E-state index < -0.39 is 0 Å². The molecular formula is C22H36IN5O2. The first kappa shape index (κ1) is 24.9. The fourth-order valence-electron chi connectivity index (χ4n) is 3.99. The summed E-state index contributed by atoms with van der Waals surface area (Å²) in [5.41, 5.74) is 7.30. The summed E-state index contributed by atoms with van der Waals surface area (Å²) in [7, 11) is 0. The van der Waals surface area contributed by atoms with Gasteiger partial charge in [0.2, 0.25) is 5.91 Å². The quantitative estimate of drug-likeness (QED) is 0.232. The molecule has 30 heavy (non-hydrogen) atoms. The van der Waals surface area contributed by atoms with Crippen LogP contribution in [0.3, 0.4) is 0 Å². The number of aliphatic imine (C=N–C) groups is 1. The van der Waals surface area contributed by atoms with Crippen LogP contribution in [0, 0.1) is 5.92 Å². The lowest BCUT2D eigenvalue weighted by Crippen LogP contribution is -2.41. The zero-order valence-electron chi connectivity index (χ0n) is 17.8. The third-order valence-corrected chi connectivity index (χ3v) is 5.78. The number of rotatable bonds is 8. The summed E-state index contributed by atoms with van der Waals surface area (Å²) in [5.74, 6) is 1.09. The van der Waals surface area contributed by atoms with Crippen molar-refractivity contribution in [3.8, 4) is 0 Å². The maximum atomic E-state index is 12.4. The highest BCUT2D eigenvalue weighted by molar-refractivity contribution is 14.0. The third-order valence-electron chi connectivity index (χ3n) is 5.78. The molecule has 7 nitrogen and oxygen atoms in total. The van der Waals surface area contributed by atoms with Crippen molar-refractivity contribution in [1.29, 1.82) is 0 Å². The van der Waals surface area contributed by atoms with Crippen LogP contribution in [0.1, 0.15) is 24.8 Å². The van der Waals surface area contributed by atoms with Gasteiger partial charge in [0.1, 0.15) is 6.54 Å². The second kappa shape index (κ2) is 13.8. The minimum Gasteiger partial charge on any atom is -0.379 e. The normalized spacial score (nSPS) is 18.7. The van der Waals surface area contributed by atoms with Gasteiger partial charge in [-0.3, -0.25) is 9.69 Å². The van der Waals surface area contributed by atoms with Gasteiger partial charge in [-0.1, -0.05) is 30.3 Å². The van der Waals surface area contributed by atoms with Crippen LogP contribution in [-0.4, -0.2) is 80.7 Å². The summed E-state index contributed by atoms with van der Waals surface area (Å²) in [6.07, 6.45) is 4.21. The van der Waals surface area contributed by atoms with Gasteiger partial charge in [0.15, 0.2) is 5.96 Å². The van der Waals surface area contributed by atoms with E-state index in [2.05, 4.69) is 45.5 Å². The molecule has 168 valence electrons. The Morgan fingerprint density at radius 3 is 2.53 bits per heavy atom. The predicted octanol–water partition coefficient (Wildman–Crippen LogP) is 1.71. The lowest BCUT2D eigenvalue weighted by atomic mass is 9.90. The maximum absolute atomic E-state index is 12.4. The smallest absolute Gasteiger partial charge is 0.244 e. The lowest BCUT2D eigenvalue weighted by Gasteiger charge is -2.31. The van der Waals surface area contributed by atoms with Crippen LogP contribution in [0.4, 0.5) is 0 Å². The molecule has 0 saturated carbocycles. The van der Waals surface area contributed by atoms with E-state index in [0.717, 1.165) is 78.2 Å². The number of likely N-dealkylation sites (tertiary alicyclic amines) is 1. The molecule has 0 spiro atoms. The summed E-state index contributed by atoms with van der Waals surface area (Å²) in [6, 6.07) is 10.6. The molecule has 0 unspecified atom stereocenters. The van der Waals surface area contributed by atoms with Crippen molar-refractivity contribution >= 4 is 35.8 Å². The summed E-state index contributed by atoms with van der Waals surface area (Å²) in [5, 5.41) is 3.11. The van der Waals surface area contributed by atoms with Crippen LogP contribution >= 0.6 is 24.0 Å². The van der Waals surface area contributed by atoms with Crippen molar-refractivity contribution in [2.75, 3.05) is 59.0 Å². The second-order valence-electron chi connectivity index (χ2n) is 7.95. The van der Waals surface area contributed by atoms with Gasteiger partial charge in [-0.25, -0.2) is 4.99 Å². The van der Waals surface area contributed by atoms with E-state index in [4.69, 9.17) is 10.5 Å². The highest BCUT2D eigenvalue weighted by atomic mass is 127. The molecule has 1 aromatic rings. The number of ether oxygens (including phenoxy) is 1. The molecule has 2 aliphatic heterocycles. The number of amides is 1. The number of halogens is 1. The summed E-state index contributed by atoms with van der Waals surface area (Å²) >= 11 is 0. The zero-order chi connectivity index (χ0) is 20.3. The molecule has 0 atom stereocenters. The predicted molar refractivity (Wildman–Crippen MR) is 131 cm³/mol. The fourth-order valence-corrected chi connectivity index (χ4v) is 3.99. The summed E-state index contributed by atoms with van der Waals surface area (Å²) in [4.78, 5) is 21.0. The van der Waals surface area contributed by atoms with Gasteiger partial charge in [0.05, 0.1) is 13.2 Å². The Bertz CT molecular complexity index is 644. The Balaban J connectivity index is 0.00000320. The Labute approximate surface area is 197 Å². The molecule has 8 heteroatoms. The van der Waals surface area contributed by atoms with Gasteiger partial charge < -0.3 is 20.7 Å². The van der Waals surface area contributed by atoms with Gasteiger partial charge >= 0.3 is 0 Å². The van der Waals surface area contributed by atoms with E-state index in [-0.39, 0.29) is 36.4 Å². The molecule has 3 rings (SSSR count). The van der Waals surface area contributed by atoms with E-state index in [0.29, 0.717) is 11.9 Å². The second-order valence-corrected chi connectivity index (χ2v) is 7.95. The maximum Gasteiger partial charge on any atom is 0.244 e. The Morgan fingerprint density at radius 1 is 1.13 bits per heavy atom. The highest BCUT2D eigenvalue weighted by Crippen LogP contribution is 2.21.